The predicted octanol–water partition coefficient (Wildman–Crippen LogP) is 5.01. The largest absolute Gasteiger partial charge is 0.496 e. The summed E-state index contributed by atoms with van der Waals surface area (Å²) in [5.41, 5.74) is -2.18. The maximum atomic E-state index is 13.1. The van der Waals surface area contributed by atoms with Crippen LogP contribution >= 0.6 is 0 Å². The minimum absolute atomic E-state index is 0.0724. The van der Waals surface area contributed by atoms with Gasteiger partial charge in [-0.05, 0) is 36.4 Å². The number of hydrogen-bond donors (Lipinski definition) is 0. The monoisotopic (exact) mass is 601 g/mol. The van der Waals surface area contributed by atoms with Crippen molar-refractivity contribution in [2.45, 2.75) is 30.0 Å². The quantitative estimate of drug-likeness (QED) is 0.200. The van der Waals surface area contributed by atoms with E-state index < -0.39 is 23.1 Å². The van der Waals surface area contributed by atoms with Crippen LogP contribution in [0.4, 0.5) is 0 Å². The van der Waals surface area contributed by atoms with Crippen LogP contribution < -0.4 is 14.2 Å². The van der Waals surface area contributed by atoms with E-state index in [0.29, 0.717) is 28.4 Å². The molecule has 2 unspecified atom stereocenters. The van der Waals surface area contributed by atoms with Crippen LogP contribution in [0.3, 0.4) is 0 Å². The standard InChI is InChI=1S/C34H39N3O7/c1-39-28-16-10-7-13-25(28)19-35-32(42-4)23-33(43-5,36-20-26-14-8-11-17-29(26)40-2)31(22-38)34(24-32,44-6)37-21-27-15-9-12-18-30(27)41-3/h7-22,31H,23-24H2,1-6H3/b35-19+,36-20+,37-21+. The summed E-state index contributed by atoms with van der Waals surface area (Å²) in [5, 5.41) is 0. The highest BCUT2D eigenvalue weighted by molar-refractivity contribution is 5.86. The van der Waals surface area contributed by atoms with Gasteiger partial charge >= 0.3 is 0 Å². The Morgan fingerprint density at radius 2 is 0.932 bits per heavy atom. The summed E-state index contributed by atoms with van der Waals surface area (Å²) >= 11 is 0. The number of nitrogens with zero attached hydrogens (tertiary/aromatic N) is 3. The van der Waals surface area contributed by atoms with Gasteiger partial charge in [-0.25, -0.2) is 0 Å². The first-order valence-corrected chi connectivity index (χ1v) is 14.0. The van der Waals surface area contributed by atoms with Gasteiger partial charge in [-0.15, -0.1) is 0 Å². The van der Waals surface area contributed by atoms with Crippen LogP contribution in [-0.2, 0) is 19.0 Å². The van der Waals surface area contributed by atoms with E-state index in [4.69, 9.17) is 43.4 Å². The number of hydrogen-bond acceptors (Lipinski definition) is 10. The number of carbonyl (C=O) groups is 1. The maximum absolute atomic E-state index is 13.1. The van der Waals surface area contributed by atoms with Crippen molar-refractivity contribution in [1.29, 1.82) is 0 Å². The Morgan fingerprint density at radius 3 is 1.25 bits per heavy atom. The number of ether oxygens (including phenoxy) is 6. The Labute approximate surface area is 258 Å². The van der Waals surface area contributed by atoms with Crippen LogP contribution in [0.2, 0.25) is 0 Å². The first-order valence-electron chi connectivity index (χ1n) is 14.0. The molecule has 1 fully saturated rings. The van der Waals surface area contributed by atoms with E-state index in [1.165, 1.54) is 14.2 Å². The number of para-hydroxylation sites is 3. The third kappa shape index (κ3) is 6.57. The van der Waals surface area contributed by atoms with Crippen LogP contribution in [0.25, 0.3) is 0 Å². The van der Waals surface area contributed by atoms with Crippen LogP contribution in [0, 0.1) is 5.92 Å². The summed E-state index contributed by atoms with van der Waals surface area (Å²) in [4.78, 5) is 27.9. The zero-order valence-electron chi connectivity index (χ0n) is 25.9. The van der Waals surface area contributed by atoms with Gasteiger partial charge in [0.15, 0.2) is 17.2 Å². The van der Waals surface area contributed by atoms with Crippen molar-refractivity contribution in [2.24, 2.45) is 20.9 Å². The molecular weight excluding hydrogens is 562 g/mol. The van der Waals surface area contributed by atoms with Gasteiger partial charge in [0.2, 0.25) is 0 Å². The Hall–Kier alpha value is -4.38. The molecule has 0 aromatic heterocycles. The van der Waals surface area contributed by atoms with Gasteiger partial charge in [-0.1, -0.05) is 36.4 Å². The molecule has 0 heterocycles. The van der Waals surface area contributed by atoms with E-state index in [1.807, 2.05) is 72.8 Å². The second-order valence-corrected chi connectivity index (χ2v) is 10.2. The van der Waals surface area contributed by atoms with Crippen molar-refractivity contribution in [2.75, 3.05) is 42.7 Å². The topological polar surface area (TPSA) is 110 Å². The van der Waals surface area contributed by atoms with Crippen molar-refractivity contribution in [3.05, 3.63) is 89.5 Å². The Morgan fingerprint density at radius 1 is 0.568 bits per heavy atom. The van der Waals surface area contributed by atoms with Crippen LogP contribution in [0.15, 0.2) is 87.8 Å². The molecule has 1 aliphatic rings. The van der Waals surface area contributed by atoms with E-state index in [2.05, 4.69) is 0 Å². The molecule has 4 rings (SSSR count). The van der Waals surface area contributed by atoms with Gasteiger partial charge in [0, 0.05) is 69.5 Å². The third-order valence-electron chi connectivity index (χ3n) is 7.95. The minimum atomic E-state index is -1.51. The fourth-order valence-corrected chi connectivity index (χ4v) is 5.55. The van der Waals surface area contributed by atoms with E-state index in [0.717, 1.165) is 11.8 Å². The van der Waals surface area contributed by atoms with Gasteiger partial charge < -0.3 is 33.2 Å². The van der Waals surface area contributed by atoms with Gasteiger partial charge in [-0.3, -0.25) is 15.0 Å². The van der Waals surface area contributed by atoms with E-state index >= 15 is 0 Å². The molecule has 2 atom stereocenters. The van der Waals surface area contributed by atoms with Crippen molar-refractivity contribution < 1.29 is 33.2 Å². The molecular formula is C34H39N3O7. The normalized spacial score (nSPS) is 25.5. The molecule has 44 heavy (non-hydrogen) atoms. The lowest BCUT2D eigenvalue weighted by Crippen LogP contribution is -2.64. The fourth-order valence-electron chi connectivity index (χ4n) is 5.55. The van der Waals surface area contributed by atoms with Gasteiger partial charge in [0.1, 0.15) is 29.5 Å². The first-order chi connectivity index (χ1) is 21.4. The highest BCUT2D eigenvalue weighted by Gasteiger charge is 2.63. The van der Waals surface area contributed by atoms with Gasteiger partial charge in [0.25, 0.3) is 0 Å². The zero-order chi connectivity index (χ0) is 31.6. The highest BCUT2D eigenvalue weighted by Crippen LogP contribution is 2.51. The summed E-state index contributed by atoms with van der Waals surface area (Å²) in [6.07, 6.45) is 5.84. The maximum Gasteiger partial charge on any atom is 0.177 e. The molecule has 0 amide bonds. The van der Waals surface area contributed by atoms with Gasteiger partial charge in [-0.2, -0.15) is 0 Å². The fraction of sp³-hybridized carbons (Fsp3) is 0.353. The molecule has 0 saturated heterocycles. The van der Waals surface area contributed by atoms with Crippen molar-refractivity contribution in [3.8, 4) is 17.2 Å². The Kier molecular flexibility index (Phi) is 10.6. The highest BCUT2D eigenvalue weighted by atomic mass is 16.5. The summed E-state index contributed by atoms with van der Waals surface area (Å²) < 4.78 is 35.1. The summed E-state index contributed by atoms with van der Waals surface area (Å²) in [7, 11) is 9.30. The Balaban J connectivity index is 1.92. The number of aliphatic imine (C=N–C) groups is 3. The lowest BCUT2D eigenvalue weighted by molar-refractivity contribution is -0.228. The number of rotatable bonds is 13. The molecule has 0 aliphatic heterocycles. The summed E-state index contributed by atoms with van der Waals surface area (Å²) in [5.74, 6) is 0.857. The third-order valence-corrected chi connectivity index (χ3v) is 7.95. The minimum Gasteiger partial charge on any atom is -0.496 e. The average Bonchev–Trinajstić information content (AvgIpc) is 3.08. The summed E-state index contributed by atoms with van der Waals surface area (Å²) in [6.45, 7) is 0. The second-order valence-electron chi connectivity index (χ2n) is 10.2. The number of carbonyl (C=O) groups excluding carboxylic acids is 1. The number of aldehydes is 1. The smallest absolute Gasteiger partial charge is 0.177 e. The van der Waals surface area contributed by atoms with Gasteiger partial charge in [0.05, 0.1) is 21.3 Å². The number of methoxy groups -OCH3 is 6. The van der Waals surface area contributed by atoms with Crippen molar-refractivity contribution in [3.63, 3.8) is 0 Å². The van der Waals surface area contributed by atoms with E-state index in [9.17, 15) is 4.79 Å². The molecule has 232 valence electrons. The van der Waals surface area contributed by atoms with Crippen LogP contribution in [0.5, 0.6) is 17.2 Å². The molecule has 1 saturated carbocycles. The summed E-state index contributed by atoms with van der Waals surface area (Å²) in [6, 6.07) is 22.3. The molecule has 3 aromatic rings. The lowest BCUT2D eigenvalue weighted by atomic mass is 9.71. The molecule has 10 nitrogen and oxygen atoms in total. The molecule has 0 N–H and O–H groups in total. The Bertz CT molecular complexity index is 1430. The van der Waals surface area contributed by atoms with E-state index in [-0.39, 0.29) is 12.8 Å². The molecule has 0 bridgehead atoms. The van der Waals surface area contributed by atoms with Crippen LogP contribution in [0.1, 0.15) is 29.5 Å². The second kappa shape index (κ2) is 14.4. The molecule has 1 aliphatic carbocycles. The zero-order valence-corrected chi connectivity index (χ0v) is 25.9. The lowest BCUT2D eigenvalue weighted by Gasteiger charge is -2.52. The first kappa shape index (κ1) is 32.5. The molecule has 0 spiro atoms. The predicted molar refractivity (Wildman–Crippen MR) is 170 cm³/mol. The van der Waals surface area contributed by atoms with Crippen LogP contribution in [-0.4, -0.2) is 84.8 Å². The van der Waals surface area contributed by atoms with Crippen molar-refractivity contribution in [1.82, 2.24) is 0 Å². The average molecular weight is 602 g/mol. The van der Waals surface area contributed by atoms with Crippen molar-refractivity contribution >= 4 is 24.9 Å². The number of benzene rings is 3. The molecule has 0 radical (unpaired) electrons. The molecule has 3 aromatic carbocycles. The SMILES string of the molecule is COc1ccccc1/C=N/C1(OC)CC(/N=C/c2ccccc2OC)(OC)C(C=O)C(/N=C/c2ccccc2OC)(OC)C1. The van der Waals surface area contributed by atoms with E-state index in [1.54, 1.807) is 47.1 Å². The molecule has 10 heteroatoms.